The first kappa shape index (κ1) is 25.1. The molecule has 0 saturated heterocycles. The minimum absolute atomic E-state index is 0.146. The number of thioether (sulfide) groups is 1. The van der Waals surface area contributed by atoms with Gasteiger partial charge in [-0.3, -0.25) is 9.36 Å². The smallest absolute Gasteiger partial charge is 0.234 e. The van der Waals surface area contributed by atoms with Crippen molar-refractivity contribution in [3.63, 3.8) is 0 Å². The molecule has 0 atom stereocenters. The van der Waals surface area contributed by atoms with Gasteiger partial charge in [-0.05, 0) is 79.7 Å². The zero-order valence-corrected chi connectivity index (χ0v) is 20.7. The van der Waals surface area contributed by atoms with Crippen molar-refractivity contribution in [3.05, 3.63) is 84.4 Å². The molecular weight excluding hydrogens is 481 g/mol. The van der Waals surface area contributed by atoms with Crippen LogP contribution in [0.4, 0.5) is 15.8 Å². The second kappa shape index (κ2) is 12.1. The highest BCUT2D eigenvalue weighted by Gasteiger charge is 2.16. The van der Waals surface area contributed by atoms with Gasteiger partial charge in [0, 0.05) is 17.1 Å². The van der Waals surface area contributed by atoms with Gasteiger partial charge < -0.3 is 20.1 Å². The highest BCUT2D eigenvalue weighted by atomic mass is 32.2. The van der Waals surface area contributed by atoms with Crippen molar-refractivity contribution >= 4 is 29.0 Å². The molecule has 1 aromatic heterocycles. The van der Waals surface area contributed by atoms with Crippen molar-refractivity contribution in [1.82, 2.24) is 14.8 Å². The van der Waals surface area contributed by atoms with E-state index in [1.54, 1.807) is 31.4 Å². The molecule has 0 aliphatic carbocycles. The van der Waals surface area contributed by atoms with Gasteiger partial charge in [0.2, 0.25) is 5.91 Å². The molecule has 8 nitrogen and oxygen atoms in total. The van der Waals surface area contributed by atoms with Crippen molar-refractivity contribution in [2.24, 2.45) is 0 Å². The number of nitrogens with one attached hydrogen (secondary N) is 2. The van der Waals surface area contributed by atoms with Gasteiger partial charge in [0.15, 0.2) is 11.0 Å². The average Bonchev–Trinajstić information content (AvgIpc) is 3.31. The minimum Gasteiger partial charge on any atom is -0.497 e. The van der Waals surface area contributed by atoms with E-state index in [0.717, 1.165) is 22.9 Å². The summed E-state index contributed by atoms with van der Waals surface area (Å²) < 4.78 is 25.8. The van der Waals surface area contributed by atoms with Crippen LogP contribution in [0.25, 0.3) is 5.69 Å². The standard InChI is InChI=1S/C26H26FN5O3S/c1-3-35-23-12-8-20(9-13-23)29-25(33)17-36-26-31-30-24(16-28-19-6-4-18(27)5-7-19)32(26)21-10-14-22(34-2)15-11-21/h4-15,28H,3,16-17H2,1-2H3,(H,29,33). The van der Waals surface area contributed by atoms with Crippen LogP contribution >= 0.6 is 11.8 Å². The lowest BCUT2D eigenvalue weighted by Gasteiger charge is -2.12. The topological polar surface area (TPSA) is 90.3 Å². The predicted octanol–water partition coefficient (Wildman–Crippen LogP) is 5.16. The largest absolute Gasteiger partial charge is 0.497 e. The van der Waals surface area contributed by atoms with Crippen molar-refractivity contribution in [2.45, 2.75) is 18.6 Å². The molecule has 0 aliphatic heterocycles. The van der Waals surface area contributed by atoms with Gasteiger partial charge in [0.1, 0.15) is 17.3 Å². The summed E-state index contributed by atoms with van der Waals surface area (Å²) in [5.41, 5.74) is 2.26. The molecule has 10 heteroatoms. The molecule has 0 radical (unpaired) electrons. The first-order valence-corrected chi connectivity index (χ1v) is 12.3. The van der Waals surface area contributed by atoms with Gasteiger partial charge in [0.25, 0.3) is 0 Å². The SMILES string of the molecule is CCOc1ccc(NC(=O)CSc2nnc(CNc3ccc(F)cc3)n2-c2ccc(OC)cc2)cc1. The van der Waals surface area contributed by atoms with Gasteiger partial charge in [-0.25, -0.2) is 4.39 Å². The lowest BCUT2D eigenvalue weighted by molar-refractivity contribution is -0.113. The maximum Gasteiger partial charge on any atom is 0.234 e. The highest BCUT2D eigenvalue weighted by Crippen LogP contribution is 2.25. The first-order chi connectivity index (χ1) is 17.6. The number of benzene rings is 3. The molecule has 0 saturated carbocycles. The summed E-state index contributed by atoms with van der Waals surface area (Å²) in [4.78, 5) is 12.6. The Bertz CT molecular complexity index is 1280. The Labute approximate surface area is 212 Å². The molecule has 186 valence electrons. The van der Waals surface area contributed by atoms with E-state index in [9.17, 15) is 9.18 Å². The van der Waals surface area contributed by atoms with Crippen molar-refractivity contribution in [1.29, 1.82) is 0 Å². The number of nitrogens with zero attached hydrogens (tertiary/aromatic N) is 3. The van der Waals surface area contributed by atoms with E-state index < -0.39 is 0 Å². The number of ether oxygens (including phenoxy) is 2. The molecule has 0 unspecified atom stereocenters. The normalized spacial score (nSPS) is 10.6. The fourth-order valence-corrected chi connectivity index (χ4v) is 4.15. The van der Waals surface area contributed by atoms with E-state index in [1.807, 2.05) is 47.9 Å². The number of carbonyl (C=O) groups excluding carboxylic acids is 1. The van der Waals surface area contributed by atoms with Gasteiger partial charge in [-0.2, -0.15) is 0 Å². The second-order valence-corrected chi connectivity index (χ2v) is 8.53. The summed E-state index contributed by atoms with van der Waals surface area (Å²) in [7, 11) is 1.61. The molecule has 0 fully saturated rings. The monoisotopic (exact) mass is 507 g/mol. The third kappa shape index (κ3) is 6.54. The number of anilines is 2. The zero-order chi connectivity index (χ0) is 25.3. The summed E-state index contributed by atoms with van der Waals surface area (Å²) in [5.74, 6) is 1.79. The van der Waals surface area contributed by atoms with E-state index in [4.69, 9.17) is 9.47 Å². The third-order valence-corrected chi connectivity index (χ3v) is 6.04. The van der Waals surface area contributed by atoms with E-state index in [-0.39, 0.29) is 17.5 Å². The highest BCUT2D eigenvalue weighted by molar-refractivity contribution is 7.99. The van der Waals surface area contributed by atoms with Crippen LogP contribution in [0.3, 0.4) is 0 Å². The first-order valence-electron chi connectivity index (χ1n) is 11.3. The van der Waals surface area contributed by atoms with Crippen LogP contribution in [-0.4, -0.2) is 40.1 Å². The quantitative estimate of drug-likeness (QED) is 0.271. The lowest BCUT2D eigenvalue weighted by Crippen LogP contribution is -2.15. The number of halogens is 1. The molecule has 3 aromatic carbocycles. The summed E-state index contributed by atoms with van der Waals surface area (Å²) in [6, 6.07) is 20.8. The fraction of sp³-hybridized carbons (Fsp3) is 0.192. The lowest BCUT2D eigenvalue weighted by atomic mass is 10.3. The van der Waals surface area contributed by atoms with Crippen LogP contribution in [-0.2, 0) is 11.3 Å². The number of aromatic nitrogens is 3. The molecule has 0 spiro atoms. The second-order valence-electron chi connectivity index (χ2n) is 7.59. The van der Waals surface area contributed by atoms with Gasteiger partial charge in [-0.15, -0.1) is 10.2 Å². The molecule has 0 bridgehead atoms. The number of hydrogen-bond donors (Lipinski definition) is 2. The molecule has 4 aromatic rings. The van der Waals surface area contributed by atoms with Crippen LogP contribution < -0.4 is 20.1 Å². The van der Waals surface area contributed by atoms with Crippen molar-refractivity contribution < 1.29 is 18.7 Å². The van der Waals surface area contributed by atoms with E-state index in [1.165, 1.54) is 23.9 Å². The number of carbonyl (C=O) groups is 1. The van der Waals surface area contributed by atoms with Gasteiger partial charge in [-0.1, -0.05) is 11.8 Å². The Morgan fingerprint density at radius 3 is 2.28 bits per heavy atom. The van der Waals surface area contributed by atoms with Gasteiger partial charge in [0.05, 0.1) is 26.0 Å². The number of amides is 1. The maximum atomic E-state index is 13.2. The third-order valence-electron chi connectivity index (χ3n) is 5.11. The fourth-order valence-electron chi connectivity index (χ4n) is 3.38. The van der Waals surface area contributed by atoms with E-state index >= 15 is 0 Å². The minimum atomic E-state index is -0.302. The zero-order valence-electron chi connectivity index (χ0n) is 19.9. The predicted molar refractivity (Wildman–Crippen MR) is 139 cm³/mol. The van der Waals surface area contributed by atoms with E-state index in [2.05, 4.69) is 20.8 Å². The summed E-state index contributed by atoms with van der Waals surface area (Å²) in [6.07, 6.45) is 0. The molecule has 1 amide bonds. The molecule has 1 heterocycles. The van der Waals surface area contributed by atoms with Crippen molar-refractivity contribution in [2.75, 3.05) is 30.1 Å². The number of hydrogen-bond acceptors (Lipinski definition) is 7. The number of methoxy groups -OCH3 is 1. The summed E-state index contributed by atoms with van der Waals surface area (Å²) in [5, 5.41) is 15.3. The number of rotatable bonds is 11. The van der Waals surface area contributed by atoms with Crippen LogP contribution in [0.5, 0.6) is 11.5 Å². The summed E-state index contributed by atoms with van der Waals surface area (Å²) in [6.45, 7) is 2.85. The molecule has 36 heavy (non-hydrogen) atoms. The Morgan fingerprint density at radius 2 is 1.61 bits per heavy atom. The van der Waals surface area contributed by atoms with E-state index in [0.29, 0.717) is 29.8 Å². The average molecular weight is 508 g/mol. The Kier molecular flexibility index (Phi) is 8.40. The Morgan fingerprint density at radius 1 is 0.944 bits per heavy atom. The Balaban J connectivity index is 1.47. The Hall–Kier alpha value is -4.05. The molecule has 4 rings (SSSR count). The maximum absolute atomic E-state index is 13.2. The van der Waals surface area contributed by atoms with Crippen LogP contribution in [0.2, 0.25) is 0 Å². The van der Waals surface area contributed by atoms with Crippen LogP contribution in [0.15, 0.2) is 78.0 Å². The van der Waals surface area contributed by atoms with Gasteiger partial charge >= 0.3 is 0 Å². The molecular formula is C26H26FN5O3S. The molecule has 0 aliphatic rings. The summed E-state index contributed by atoms with van der Waals surface area (Å²) >= 11 is 1.28. The van der Waals surface area contributed by atoms with Crippen LogP contribution in [0.1, 0.15) is 12.7 Å². The van der Waals surface area contributed by atoms with Crippen LogP contribution in [0, 0.1) is 5.82 Å². The molecule has 2 N–H and O–H groups in total. The van der Waals surface area contributed by atoms with Crippen molar-refractivity contribution in [3.8, 4) is 17.2 Å².